The first-order chi connectivity index (χ1) is 10.0. The van der Waals surface area contributed by atoms with Gasteiger partial charge in [-0.2, -0.15) is 0 Å². The van der Waals surface area contributed by atoms with E-state index in [-0.39, 0.29) is 12.3 Å². The standard InChI is InChI=1S/C14H17FN2O4/c1-21-12-7-10(15)4-5-11(12)16-14(20)17-6-2-3-9(8-17)13(18)19/h4-5,7,9H,2-3,6,8H2,1H3,(H,16,20)(H,18,19)/t9-/m1/s1. The summed E-state index contributed by atoms with van der Waals surface area (Å²) in [6, 6.07) is 3.39. The van der Waals surface area contributed by atoms with Gasteiger partial charge in [-0.1, -0.05) is 0 Å². The summed E-state index contributed by atoms with van der Waals surface area (Å²) in [6.07, 6.45) is 1.21. The smallest absolute Gasteiger partial charge is 0.321 e. The lowest BCUT2D eigenvalue weighted by Gasteiger charge is -2.30. The molecule has 1 atom stereocenters. The molecule has 0 spiro atoms. The van der Waals surface area contributed by atoms with Crippen molar-refractivity contribution in [1.29, 1.82) is 0 Å². The number of benzene rings is 1. The number of nitrogens with one attached hydrogen (secondary N) is 1. The molecule has 114 valence electrons. The molecule has 1 aromatic rings. The number of rotatable bonds is 3. The van der Waals surface area contributed by atoms with Crippen molar-refractivity contribution in [2.45, 2.75) is 12.8 Å². The summed E-state index contributed by atoms with van der Waals surface area (Å²) in [5.74, 6) is -1.68. The van der Waals surface area contributed by atoms with Gasteiger partial charge in [0.15, 0.2) is 0 Å². The second-order valence-corrected chi connectivity index (χ2v) is 4.90. The molecule has 0 unspecified atom stereocenters. The van der Waals surface area contributed by atoms with Gasteiger partial charge in [-0.05, 0) is 25.0 Å². The van der Waals surface area contributed by atoms with Crippen LogP contribution in [-0.2, 0) is 4.79 Å². The fourth-order valence-electron chi connectivity index (χ4n) is 2.33. The van der Waals surface area contributed by atoms with E-state index in [2.05, 4.69) is 5.32 Å². The minimum Gasteiger partial charge on any atom is -0.494 e. The lowest BCUT2D eigenvalue weighted by atomic mass is 9.99. The topological polar surface area (TPSA) is 78.9 Å². The number of methoxy groups -OCH3 is 1. The van der Waals surface area contributed by atoms with E-state index in [0.717, 1.165) is 0 Å². The molecular formula is C14H17FN2O4. The molecule has 0 saturated carbocycles. The van der Waals surface area contributed by atoms with Crippen LogP contribution in [0.15, 0.2) is 18.2 Å². The number of likely N-dealkylation sites (tertiary alicyclic amines) is 1. The van der Waals surface area contributed by atoms with Gasteiger partial charge in [0.25, 0.3) is 0 Å². The van der Waals surface area contributed by atoms with Crippen LogP contribution in [0.2, 0.25) is 0 Å². The van der Waals surface area contributed by atoms with Crippen molar-refractivity contribution in [3.05, 3.63) is 24.0 Å². The third-order valence-electron chi connectivity index (χ3n) is 3.46. The number of carbonyl (C=O) groups is 2. The Morgan fingerprint density at radius 1 is 1.48 bits per heavy atom. The first kappa shape index (κ1) is 15.1. The number of aliphatic carboxylic acids is 1. The SMILES string of the molecule is COc1cc(F)ccc1NC(=O)N1CCC[C@@H](C(=O)O)C1. The predicted octanol–water partition coefficient (Wildman–Crippen LogP) is 2.16. The molecule has 0 bridgehead atoms. The van der Waals surface area contributed by atoms with Gasteiger partial charge >= 0.3 is 12.0 Å². The van der Waals surface area contributed by atoms with E-state index in [4.69, 9.17) is 9.84 Å². The summed E-state index contributed by atoms with van der Waals surface area (Å²) >= 11 is 0. The molecule has 2 rings (SSSR count). The number of piperidine rings is 1. The van der Waals surface area contributed by atoms with Crippen molar-refractivity contribution in [3.8, 4) is 5.75 Å². The van der Waals surface area contributed by atoms with Crippen LogP contribution >= 0.6 is 0 Å². The van der Waals surface area contributed by atoms with Crippen molar-refractivity contribution in [2.75, 3.05) is 25.5 Å². The maximum Gasteiger partial charge on any atom is 0.321 e. The Bertz CT molecular complexity index is 550. The number of carbonyl (C=O) groups excluding carboxylic acids is 1. The minimum atomic E-state index is -0.896. The maximum absolute atomic E-state index is 13.1. The molecule has 1 aliphatic heterocycles. The number of ether oxygens (including phenoxy) is 1. The molecule has 0 radical (unpaired) electrons. The summed E-state index contributed by atoms with van der Waals surface area (Å²) in [6.45, 7) is 0.670. The summed E-state index contributed by atoms with van der Waals surface area (Å²) < 4.78 is 18.1. The van der Waals surface area contributed by atoms with Crippen LogP contribution in [0.5, 0.6) is 5.75 Å². The van der Waals surface area contributed by atoms with E-state index < -0.39 is 23.7 Å². The van der Waals surface area contributed by atoms with Crippen LogP contribution < -0.4 is 10.1 Å². The van der Waals surface area contributed by atoms with Crippen LogP contribution in [0.4, 0.5) is 14.9 Å². The lowest BCUT2D eigenvalue weighted by molar-refractivity contribution is -0.143. The number of hydrogen-bond donors (Lipinski definition) is 2. The molecule has 21 heavy (non-hydrogen) atoms. The highest BCUT2D eigenvalue weighted by molar-refractivity contribution is 5.91. The average Bonchev–Trinajstić information content (AvgIpc) is 2.49. The molecular weight excluding hydrogens is 279 g/mol. The maximum atomic E-state index is 13.1. The summed E-state index contributed by atoms with van der Waals surface area (Å²) in [5, 5.41) is 11.6. The van der Waals surface area contributed by atoms with Crippen molar-refractivity contribution >= 4 is 17.7 Å². The second-order valence-electron chi connectivity index (χ2n) is 4.90. The third kappa shape index (κ3) is 3.62. The number of nitrogens with zero attached hydrogens (tertiary/aromatic N) is 1. The molecule has 2 N–H and O–H groups in total. The Balaban J connectivity index is 2.06. The van der Waals surface area contributed by atoms with Gasteiger partial charge in [0.05, 0.1) is 18.7 Å². The summed E-state index contributed by atoms with van der Waals surface area (Å²) in [5.41, 5.74) is 0.348. The van der Waals surface area contributed by atoms with Gasteiger partial charge < -0.3 is 20.1 Å². The van der Waals surface area contributed by atoms with Gasteiger partial charge in [0, 0.05) is 19.2 Å². The highest BCUT2D eigenvalue weighted by atomic mass is 19.1. The van der Waals surface area contributed by atoms with Gasteiger partial charge in [0.2, 0.25) is 0 Å². The number of carboxylic acids is 1. The number of amides is 2. The lowest BCUT2D eigenvalue weighted by Crippen LogP contribution is -2.44. The highest BCUT2D eigenvalue weighted by Gasteiger charge is 2.28. The molecule has 1 fully saturated rings. The largest absolute Gasteiger partial charge is 0.494 e. The first-order valence-electron chi connectivity index (χ1n) is 6.63. The molecule has 1 heterocycles. The van der Waals surface area contributed by atoms with Crippen molar-refractivity contribution in [1.82, 2.24) is 4.90 Å². The van der Waals surface area contributed by atoms with E-state index in [1.54, 1.807) is 0 Å². The van der Waals surface area contributed by atoms with E-state index in [0.29, 0.717) is 25.1 Å². The number of urea groups is 1. The quantitative estimate of drug-likeness (QED) is 0.896. The Morgan fingerprint density at radius 2 is 2.24 bits per heavy atom. The fraction of sp³-hybridized carbons (Fsp3) is 0.429. The van der Waals surface area contributed by atoms with Gasteiger partial charge in [-0.25, -0.2) is 9.18 Å². The number of anilines is 1. The Labute approximate surface area is 121 Å². The van der Waals surface area contributed by atoms with Crippen molar-refractivity contribution in [2.24, 2.45) is 5.92 Å². The second kappa shape index (κ2) is 6.43. The van der Waals surface area contributed by atoms with Crippen molar-refractivity contribution in [3.63, 3.8) is 0 Å². The number of halogens is 1. The van der Waals surface area contributed by atoms with Crippen LogP contribution in [0.3, 0.4) is 0 Å². The van der Waals surface area contributed by atoms with E-state index >= 15 is 0 Å². The summed E-state index contributed by atoms with van der Waals surface area (Å²) in [4.78, 5) is 24.6. The van der Waals surface area contributed by atoms with Gasteiger partial charge in [-0.3, -0.25) is 4.79 Å². The molecule has 6 nitrogen and oxygen atoms in total. The van der Waals surface area contributed by atoms with Gasteiger partial charge in [-0.15, -0.1) is 0 Å². The third-order valence-corrected chi connectivity index (χ3v) is 3.46. The minimum absolute atomic E-state index is 0.171. The Hall–Kier alpha value is -2.31. The molecule has 7 heteroatoms. The molecule has 0 aromatic heterocycles. The monoisotopic (exact) mass is 296 g/mol. The van der Waals surface area contributed by atoms with Crippen LogP contribution in [0.1, 0.15) is 12.8 Å². The predicted molar refractivity (Wildman–Crippen MR) is 73.9 cm³/mol. The van der Waals surface area contributed by atoms with Crippen LogP contribution in [-0.4, -0.2) is 42.2 Å². The Kier molecular flexibility index (Phi) is 4.62. The van der Waals surface area contributed by atoms with Crippen molar-refractivity contribution < 1.29 is 23.8 Å². The fourth-order valence-corrected chi connectivity index (χ4v) is 2.33. The van der Waals surface area contributed by atoms with Crippen LogP contribution in [0, 0.1) is 11.7 Å². The van der Waals surface area contributed by atoms with E-state index in [1.807, 2.05) is 0 Å². The van der Waals surface area contributed by atoms with E-state index in [1.165, 1.54) is 30.2 Å². The zero-order valence-electron chi connectivity index (χ0n) is 11.6. The molecule has 2 amide bonds. The normalized spacial score (nSPS) is 18.2. The number of hydrogen-bond acceptors (Lipinski definition) is 3. The zero-order valence-corrected chi connectivity index (χ0v) is 11.6. The average molecular weight is 296 g/mol. The van der Waals surface area contributed by atoms with Gasteiger partial charge in [0.1, 0.15) is 11.6 Å². The molecule has 1 saturated heterocycles. The molecule has 1 aliphatic rings. The highest BCUT2D eigenvalue weighted by Crippen LogP contribution is 2.26. The molecule has 0 aliphatic carbocycles. The molecule has 1 aromatic carbocycles. The first-order valence-corrected chi connectivity index (χ1v) is 6.63. The Morgan fingerprint density at radius 3 is 2.90 bits per heavy atom. The van der Waals surface area contributed by atoms with Crippen LogP contribution in [0.25, 0.3) is 0 Å². The zero-order chi connectivity index (χ0) is 15.4. The number of carboxylic acid groups (broad SMARTS) is 1. The summed E-state index contributed by atoms with van der Waals surface area (Å²) in [7, 11) is 1.38. The van der Waals surface area contributed by atoms with E-state index in [9.17, 15) is 14.0 Å².